The summed E-state index contributed by atoms with van der Waals surface area (Å²) >= 11 is 0. The third-order valence-electron chi connectivity index (χ3n) is 21.0. The number of carboxylic acids is 1. The molecule has 31 nitrogen and oxygen atoms in total. The summed E-state index contributed by atoms with van der Waals surface area (Å²) in [7, 11) is 5.94. The molecule has 31 heteroatoms. The van der Waals surface area contributed by atoms with E-state index >= 15 is 4.79 Å². The number of aliphatic hydroxyl groups excluding tert-OH is 5. The lowest BCUT2D eigenvalue weighted by Gasteiger charge is -2.41. The average molecular weight is 1540 g/mol. The van der Waals surface area contributed by atoms with E-state index in [1.54, 1.807) is 70.5 Å². The second-order valence-electron chi connectivity index (χ2n) is 29.6. The monoisotopic (exact) mass is 1530 g/mol. The number of likely N-dealkylation sites (N-methyl/N-ethyl adjacent to an activating group) is 2. The topological polar surface area (TPSA) is 433 Å². The number of imide groups is 1. The Labute approximate surface area is 638 Å². The van der Waals surface area contributed by atoms with Crippen molar-refractivity contribution in [3.05, 3.63) is 71.8 Å². The molecule has 2 saturated heterocycles. The number of hydrogen-bond donors (Lipinski definition) is 10. The summed E-state index contributed by atoms with van der Waals surface area (Å²) in [4.78, 5) is 167. The number of carboxylic acid groups (broad SMARTS) is 1. The van der Waals surface area contributed by atoms with E-state index in [0.29, 0.717) is 63.5 Å². The van der Waals surface area contributed by atoms with E-state index in [9.17, 15) is 83.4 Å². The van der Waals surface area contributed by atoms with Gasteiger partial charge >= 0.3 is 12.1 Å². The molecule has 16 atom stereocenters. The molecule has 3 heterocycles. The van der Waals surface area contributed by atoms with Crippen molar-refractivity contribution in [1.82, 2.24) is 35.6 Å². The highest BCUT2D eigenvalue weighted by Crippen LogP contribution is 2.36. The number of benzene rings is 2. The van der Waals surface area contributed by atoms with Gasteiger partial charge in [0.15, 0.2) is 11.9 Å². The number of ketones is 2. The first-order valence-corrected chi connectivity index (χ1v) is 38.0. The molecule has 5 rings (SSSR count). The lowest BCUT2D eigenvalue weighted by Crippen LogP contribution is -2.61. The van der Waals surface area contributed by atoms with Crippen molar-refractivity contribution in [2.75, 3.05) is 73.0 Å². The number of anilines is 1. The molecule has 0 saturated carbocycles. The minimum absolute atomic E-state index is 0.0135. The summed E-state index contributed by atoms with van der Waals surface area (Å²) in [6.45, 7) is 14.5. The van der Waals surface area contributed by atoms with E-state index < -0.39 is 169 Å². The highest BCUT2D eigenvalue weighted by Gasteiger charge is 2.49. The predicted octanol–water partition coefficient (Wildman–Crippen LogP) is 4.36. The van der Waals surface area contributed by atoms with Crippen LogP contribution in [0.2, 0.25) is 0 Å². The van der Waals surface area contributed by atoms with Gasteiger partial charge in [0, 0.05) is 129 Å². The minimum Gasteiger partial charge on any atom is -0.479 e. The Balaban J connectivity index is 1.27. The summed E-state index contributed by atoms with van der Waals surface area (Å²) in [5, 5.41) is 74.3. The number of hydrogen-bond acceptors (Lipinski definition) is 22. The standard InChI is InChI=1S/C78H118N8O23/c1-13-47(6)68(60(106-12)42-66(95)85-37-22-26-56(85)53(43-87)49(8)57(88)39-48(7)69(96)51-23-16-14-17-24-51)83(9)75(101)52(45(2)3)41-58(89)67(46(4)5)84(10)78(104)107-44-50-28-29-59(108-77-72(99)70(97)71(98)73(109-77)76(102)103)55(40-50)82-63(92)32-35-80-74(100)54(25-19-20-34-79-61(90)33-38-105-11)81-62(91)27-18-15-21-36-86-64(93)30-31-65(86)94/h14,16-17,23-24,28-31,40,45-49,52-54,56,60,67-73,77,87,96-99H,13,15,18-22,25-27,32-39,41-44H2,1-12H3,(H,79,90)(H,80,100)(H,81,91)(H,82,92)(H,102,103)/t47-,48-,49+,52-,53+,54?,56-,60+,67-,68-,69+,70-,71-,72+,73-,77+/m0/s1. The van der Waals surface area contributed by atoms with Crippen LogP contribution in [-0.2, 0) is 78.3 Å². The maximum atomic E-state index is 15.0. The highest BCUT2D eigenvalue weighted by molar-refractivity contribution is 6.12. The van der Waals surface area contributed by atoms with Crippen LogP contribution < -0.4 is 26.0 Å². The number of nitrogens with zero attached hydrogens (tertiary/aromatic N) is 4. The number of likely N-dealkylation sites (tertiary alicyclic amines) is 1. The molecule has 0 radical (unpaired) electrons. The summed E-state index contributed by atoms with van der Waals surface area (Å²) in [6.07, 6.45) is -6.99. The van der Waals surface area contributed by atoms with Crippen LogP contribution in [-0.4, -0.2) is 250 Å². The van der Waals surface area contributed by atoms with Gasteiger partial charge in [0.05, 0.1) is 43.0 Å². The van der Waals surface area contributed by atoms with Gasteiger partial charge in [0.2, 0.25) is 41.7 Å². The number of ether oxygens (including phenoxy) is 5. The number of carbonyl (C=O) groups excluding carboxylic acids is 11. The summed E-state index contributed by atoms with van der Waals surface area (Å²) in [6, 6.07) is 9.70. The Kier molecular flexibility index (Phi) is 37.8. The first kappa shape index (κ1) is 91.3. The summed E-state index contributed by atoms with van der Waals surface area (Å²) in [5.41, 5.74) is 0.724. The second kappa shape index (κ2) is 45.1. The quantitative estimate of drug-likeness (QED) is 0.0325. The van der Waals surface area contributed by atoms with Crippen molar-refractivity contribution >= 4 is 76.6 Å². The number of amides is 9. The molecule has 0 spiro atoms. The number of aliphatic hydroxyl groups is 5. The molecular formula is C78H118N8O23. The van der Waals surface area contributed by atoms with Gasteiger partial charge < -0.3 is 90.3 Å². The molecule has 0 bridgehead atoms. The Morgan fingerprint density at radius 2 is 1.41 bits per heavy atom. The van der Waals surface area contributed by atoms with Crippen LogP contribution in [0.4, 0.5) is 10.5 Å². The molecule has 2 fully saturated rings. The molecule has 0 aliphatic carbocycles. The van der Waals surface area contributed by atoms with E-state index in [-0.39, 0.29) is 112 Å². The smallest absolute Gasteiger partial charge is 0.410 e. The van der Waals surface area contributed by atoms with Crippen LogP contribution in [0.1, 0.15) is 169 Å². The first-order valence-electron chi connectivity index (χ1n) is 38.0. The molecular weight excluding hydrogens is 1420 g/mol. The molecule has 10 N–H and O–H groups in total. The Morgan fingerprint density at radius 3 is 2.04 bits per heavy atom. The fourth-order valence-corrected chi connectivity index (χ4v) is 14.3. The zero-order chi connectivity index (χ0) is 80.9. The molecule has 9 amide bonds. The number of nitrogens with one attached hydrogen (secondary N) is 4. The fourth-order valence-electron chi connectivity index (χ4n) is 14.3. The predicted molar refractivity (Wildman–Crippen MR) is 398 cm³/mol. The van der Waals surface area contributed by atoms with Gasteiger partial charge in [-0.05, 0) is 91.9 Å². The van der Waals surface area contributed by atoms with Crippen molar-refractivity contribution in [2.24, 2.45) is 41.4 Å². The van der Waals surface area contributed by atoms with Crippen molar-refractivity contribution in [3.8, 4) is 5.75 Å². The van der Waals surface area contributed by atoms with E-state index in [2.05, 4.69) is 21.3 Å². The molecule has 109 heavy (non-hydrogen) atoms. The van der Waals surface area contributed by atoms with Crippen LogP contribution >= 0.6 is 0 Å². The SMILES string of the molecule is CC[C@H](C)[C@@H]([C@@H](CC(=O)N1CCC[C@H]1[C@H](CO)[C@@H](C)C(=O)C[C@H](C)[C@@H](O)c1ccccc1)OC)N(C)C(=O)[C@@H](CC(=O)[C@H](C(C)C)N(C)C(=O)OCc1ccc(O[C@@H]2O[C@H](C(=O)O)[C@@H](O)[C@H](O)[C@H]2O)c(NC(=O)CCNC(=O)C(CCCCNC(=O)CCOC)NC(=O)CCCCCN2C(=O)C=CC2=O)c1)C(C)C. The molecule has 608 valence electrons. The normalized spacial score (nSPS) is 20.6. The Hall–Kier alpha value is -8.30. The Morgan fingerprint density at radius 1 is 0.725 bits per heavy atom. The molecule has 2 aromatic rings. The van der Waals surface area contributed by atoms with Crippen molar-refractivity contribution < 1.29 is 112 Å². The third-order valence-corrected chi connectivity index (χ3v) is 21.0. The lowest BCUT2D eigenvalue weighted by atomic mass is 9.80. The largest absolute Gasteiger partial charge is 0.479 e. The van der Waals surface area contributed by atoms with Crippen LogP contribution in [0.3, 0.4) is 0 Å². The van der Waals surface area contributed by atoms with Crippen LogP contribution in [0.5, 0.6) is 5.75 Å². The van der Waals surface area contributed by atoms with Crippen LogP contribution in [0.25, 0.3) is 0 Å². The van der Waals surface area contributed by atoms with E-state index in [1.807, 2.05) is 32.0 Å². The van der Waals surface area contributed by atoms with Crippen molar-refractivity contribution in [3.63, 3.8) is 0 Å². The molecule has 3 aliphatic rings. The highest BCUT2D eigenvalue weighted by atomic mass is 16.7. The van der Waals surface area contributed by atoms with Gasteiger partial charge in [-0.3, -0.25) is 52.8 Å². The van der Waals surface area contributed by atoms with Gasteiger partial charge in [-0.15, -0.1) is 0 Å². The van der Waals surface area contributed by atoms with Gasteiger partial charge in [0.1, 0.15) is 42.5 Å². The number of rotatable bonds is 47. The van der Waals surface area contributed by atoms with Crippen molar-refractivity contribution in [2.45, 2.75) is 225 Å². The fraction of sp³-hybridized carbons (Fsp3) is 0.667. The number of Topliss-reactive ketones (excluding diaryl/α,β-unsaturated/α-hetero) is 2. The number of carbonyl (C=O) groups is 12. The first-order chi connectivity index (χ1) is 51.7. The molecule has 0 aromatic heterocycles. The second-order valence-corrected chi connectivity index (χ2v) is 29.6. The summed E-state index contributed by atoms with van der Waals surface area (Å²) < 4.78 is 28.1. The number of aliphatic carboxylic acids is 1. The van der Waals surface area contributed by atoms with Crippen LogP contribution in [0, 0.1) is 41.4 Å². The van der Waals surface area contributed by atoms with Gasteiger partial charge in [-0.1, -0.05) is 105 Å². The molecule has 2 aromatic carbocycles. The maximum Gasteiger partial charge on any atom is 0.410 e. The Bertz CT molecular complexity index is 3380. The van der Waals surface area contributed by atoms with E-state index in [1.165, 1.54) is 51.6 Å². The third kappa shape index (κ3) is 26.7. The number of methoxy groups -OCH3 is 2. The lowest BCUT2D eigenvalue weighted by molar-refractivity contribution is -0.271. The molecule has 1 unspecified atom stereocenters. The van der Waals surface area contributed by atoms with Gasteiger partial charge in [0.25, 0.3) is 11.8 Å². The molecule has 3 aliphatic heterocycles. The zero-order valence-corrected chi connectivity index (χ0v) is 65.1. The van der Waals surface area contributed by atoms with E-state index in [4.69, 9.17) is 23.7 Å². The van der Waals surface area contributed by atoms with Gasteiger partial charge in [-0.25, -0.2) is 9.59 Å². The van der Waals surface area contributed by atoms with Crippen molar-refractivity contribution in [1.29, 1.82) is 0 Å². The average Bonchev–Trinajstić information content (AvgIpc) is 1.01. The van der Waals surface area contributed by atoms with Gasteiger partial charge in [-0.2, -0.15) is 0 Å². The number of unbranched alkanes of at least 4 members (excludes halogenated alkanes) is 3. The maximum absolute atomic E-state index is 15.0. The summed E-state index contributed by atoms with van der Waals surface area (Å²) in [5.74, 6) is -9.80. The van der Waals surface area contributed by atoms with E-state index in [0.717, 1.165) is 9.80 Å². The minimum atomic E-state index is -2.07. The van der Waals surface area contributed by atoms with Crippen LogP contribution in [0.15, 0.2) is 60.7 Å². The zero-order valence-electron chi connectivity index (χ0n) is 65.1.